The minimum Gasteiger partial charge on any atom is -0.450 e. The molecule has 0 aliphatic carbocycles. The maximum atomic E-state index is 13.2. The molecule has 7 heteroatoms. The molecule has 1 aliphatic heterocycles. The molecule has 1 aliphatic rings. The van der Waals surface area contributed by atoms with Crippen LogP contribution in [0.1, 0.15) is 35.4 Å². The standard InChI is InChI=1S/C22H20ClFN2O3/c23-15-6-9-18-17(12-15)20(25-19(27)13-26-10-2-1-3-11-26)22(29-18)21(28)14-4-7-16(24)8-5-14/h4-9,12H,1-3,10-11,13H2,(H,25,27). The number of hydrogen-bond acceptors (Lipinski definition) is 4. The van der Waals surface area contributed by atoms with Gasteiger partial charge in [0.15, 0.2) is 5.76 Å². The summed E-state index contributed by atoms with van der Waals surface area (Å²) in [7, 11) is 0. The van der Waals surface area contributed by atoms with Crippen LogP contribution in [0.25, 0.3) is 11.0 Å². The van der Waals surface area contributed by atoms with Gasteiger partial charge in [-0.05, 0) is 68.4 Å². The number of halogens is 2. The van der Waals surface area contributed by atoms with Crippen molar-refractivity contribution in [3.63, 3.8) is 0 Å². The molecule has 0 unspecified atom stereocenters. The number of nitrogens with zero attached hydrogens (tertiary/aromatic N) is 1. The number of rotatable bonds is 5. The molecule has 1 amide bonds. The number of hydrogen-bond donors (Lipinski definition) is 1. The lowest BCUT2D eigenvalue weighted by atomic mass is 10.1. The molecule has 0 radical (unpaired) electrons. The fourth-order valence-corrected chi connectivity index (χ4v) is 3.76. The number of fused-ring (bicyclic) bond motifs is 1. The molecule has 0 bridgehead atoms. The lowest BCUT2D eigenvalue weighted by Crippen LogP contribution is -2.37. The third-order valence-corrected chi connectivity index (χ3v) is 5.28. The highest BCUT2D eigenvalue weighted by Gasteiger charge is 2.24. The van der Waals surface area contributed by atoms with Crippen molar-refractivity contribution in [3.8, 4) is 0 Å². The highest BCUT2D eigenvalue weighted by Crippen LogP contribution is 2.34. The van der Waals surface area contributed by atoms with E-state index in [1.165, 1.54) is 30.7 Å². The minimum atomic E-state index is -0.439. The Hall–Kier alpha value is -2.70. The molecular formula is C22H20ClFN2O3. The van der Waals surface area contributed by atoms with Gasteiger partial charge < -0.3 is 9.73 Å². The van der Waals surface area contributed by atoms with Crippen molar-refractivity contribution in [1.29, 1.82) is 0 Å². The van der Waals surface area contributed by atoms with E-state index in [1.807, 2.05) is 0 Å². The number of piperidine rings is 1. The highest BCUT2D eigenvalue weighted by molar-refractivity contribution is 6.31. The molecule has 1 N–H and O–H groups in total. The van der Waals surface area contributed by atoms with Crippen LogP contribution in [-0.2, 0) is 4.79 Å². The van der Waals surface area contributed by atoms with E-state index in [0.717, 1.165) is 25.9 Å². The number of carbonyl (C=O) groups is 2. The maximum Gasteiger partial charge on any atom is 0.238 e. The van der Waals surface area contributed by atoms with Crippen LogP contribution in [-0.4, -0.2) is 36.2 Å². The molecule has 1 saturated heterocycles. The van der Waals surface area contributed by atoms with E-state index in [2.05, 4.69) is 10.2 Å². The predicted molar refractivity (Wildman–Crippen MR) is 110 cm³/mol. The van der Waals surface area contributed by atoms with Gasteiger partial charge >= 0.3 is 0 Å². The van der Waals surface area contributed by atoms with Crippen molar-refractivity contribution in [3.05, 3.63) is 64.6 Å². The van der Waals surface area contributed by atoms with Gasteiger partial charge in [-0.15, -0.1) is 0 Å². The topological polar surface area (TPSA) is 62.6 Å². The van der Waals surface area contributed by atoms with Crippen LogP contribution >= 0.6 is 11.6 Å². The van der Waals surface area contributed by atoms with Crippen LogP contribution in [0.5, 0.6) is 0 Å². The third kappa shape index (κ3) is 4.33. The zero-order chi connectivity index (χ0) is 20.4. The van der Waals surface area contributed by atoms with Crippen molar-refractivity contribution in [2.24, 2.45) is 0 Å². The maximum absolute atomic E-state index is 13.2. The Morgan fingerprint density at radius 1 is 1.07 bits per heavy atom. The molecule has 0 atom stereocenters. The summed E-state index contributed by atoms with van der Waals surface area (Å²) < 4.78 is 19.0. The minimum absolute atomic E-state index is 0.000805. The van der Waals surface area contributed by atoms with Gasteiger partial charge in [0, 0.05) is 16.0 Å². The summed E-state index contributed by atoms with van der Waals surface area (Å²) in [4.78, 5) is 27.8. The molecular weight excluding hydrogens is 395 g/mol. The zero-order valence-corrected chi connectivity index (χ0v) is 16.5. The largest absolute Gasteiger partial charge is 0.450 e. The van der Waals surface area contributed by atoms with Crippen molar-refractivity contribution in [1.82, 2.24) is 4.90 Å². The van der Waals surface area contributed by atoms with Gasteiger partial charge in [0.1, 0.15) is 11.4 Å². The van der Waals surface area contributed by atoms with E-state index >= 15 is 0 Å². The second-order valence-corrected chi connectivity index (χ2v) is 7.60. The zero-order valence-electron chi connectivity index (χ0n) is 15.7. The van der Waals surface area contributed by atoms with E-state index in [4.69, 9.17) is 16.0 Å². The average molecular weight is 415 g/mol. The van der Waals surface area contributed by atoms with Crippen LogP contribution in [0.3, 0.4) is 0 Å². The molecule has 150 valence electrons. The monoisotopic (exact) mass is 414 g/mol. The summed E-state index contributed by atoms with van der Waals surface area (Å²) >= 11 is 6.12. The first-order valence-corrected chi connectivity index (χ1v) is 9.93. The smallest absolute Gasteiger partial charge is 0.238 e. The van der Waals surface area contributed by atoms with Crippen molar-refractivity contribution in [2.75, 3.05) is 25.0 Å². The number of benzene rings is 2. The predicted octanol–water partition coefficient (Wildman–Crippen LogP) is 4.88. The number of anilines is 1. The van der Waals surface area contributed by atoms with Gasteiger partial charge in [0.25, 0.3) is 0 Å². The van der Waals surface area contributed by atoms with Gasteiger partial charge in [-0.2, -0.15) is 0 Å². The van der Waals surface area contributed by atoms with Crippen molar-refractivity contribution in [2.45, 2.75) is 19.3 Å². The summed E-state index contributed by atoms with van der Waals surface area (Å²) in [5.74, 6) is -1.10. The summed E-state index contributed by atoms with van der Waals surface area (Å²) in [5.41, 5.74) is 0.995. The lowest BCUT2D eigenvalue weighted by molar-refractivity contribution is -0.117. The molecule has 0 saturated carbocycles. The summed E-state index contributed by atoms with van der Waals surface area (Å²) in [6, 6.07) is 10.1. The van der Waals surface area contributed by atoms with Gasteiger partial charge in [0.2, 0.25) is 11.7 Å². The fraction of sp³-hybridized carbons (Fsp3) is 0.273. The van der Waals surface area contributed by atoms with Crippen LogP contribution in [0.4, 0.5) is 10.1 Å². The van der Waals surface area contributed by atoms with Crippen LogP contribution in [0.2, 0.25) is 5.02 Å². The van der Waals surface area contributed by atoms with E-state index < -0.39 is 11.6 Å². The second-order valence-electron chi connectivity index (χ2n) is 7.17. The number of ketones is 1. The first-order chi connectivity index (χ1) is 14.0. The number of nitrogens with one attached hydrogen (secondary N) is 1. The van der Waals surface area contributed by atoms with Gasteiger partial charge in [-0.3, -0.25) is 14.5 Å². The molecule has 3 aromatic rings. The van der Waals surface area contributed by atoms with Gasteiger partial charge in [-0.1, -0.05) is 18.0 Å². The highest BCUT2D eigenvalue weighted by atomic mass is 35.5. The molecule has 1 fully saturated rings. The van der Waals surface area contributed by atoms with Crippen LogP contribution < -0.4 is 5.32 Å². The number of carbonyl (C=O) groups excluding carboxylic acids is 2. The Bertz CT molecular complexity index is 1060. The molecule has 2 heterocycles. The summed E-state index contributed by atoms with van der Waals surface area (Å²) in [6.07, 6.45) is 3.33. The van der Waals surface area contributed by atoms with Crippen molar-refractivity contribution >= 4 is 39.9 Å². The van der Waals surface area contributed by atoms with E-state index in [1.54, 1.807) is 18.2 Å². The Labute approximate surface area is 172 Å². The normalized spacial score (nSPS) is 14.8. The molecule has 5 nitrogen and oxygen atoms in total. The van der Waals surface area contributed by atoms with Crippen LogP contribution in [0.15, 0.2) is 46.9 Å². The fourth-order valence-electron chi connectivity index (χ4n) is 3.59. The number of furan rings is 1. The third-order valence-electron chi connectivity index (χ3n) is 5.04. The molecule has 0 spiro atoms. The Morgan fingerprint density at radius 3 is 2.52 bits per heavy atom. The average Bonchev–Trinajstić information content (AvgIpc) is 3.06. The Morgan fingerprint density at radius 2 is 1.79 bits per heavy atom. The quantitative estimate of drug-likeness (QED) is 0.604. The SMILES string of the molecule is O=C(CN1CCCCC1)Nc1c(C(=O)c2ccc(F)cc2)oc2ccc(Cl)cc12. The molecule has 4 rings (SSSR count). The first kappa shape index (κ1) is 19.6. The van der Waals surface area contributed by atoms with Crippen LogP contribution in [0, 0.1) is 5.82 Å². The lowest BCUT2D eigenvalue weighted by Gasteiger charge is -2.25. The van der Waals surface area contributed by atoms with Crippen molar-refractivity contribution < 1.29 is 18.4 Å². The molecule has 2 aromatic carbocycles. The molecule has 29 heavy (non-hydrogen) atoms. The van der Waals surface area contributed by atoms with E-state index in [9.17, 15) is 14.0 Å². The second kappa shape index (κ2) is 8.35. The number of likely N-dealkylation sites (tertiary alicyclic amines) is 1. The summed E-state index contributed by atoms with van der Waals surface area (Å²) in [5, 5.41) is 3.86. The Kier molecular flexibility index (Phi) is 5.65. The van der Waals surface area contributed by atoms with Gasteiger partial charge in [0.05, 0.1) is 12.2 Å². The molecule has 1 aromatic heterocycles. The number of amides is 1. The first-order valence-electron chi connectivity index (χ1n) is 9.56. The van der Waals surface area contributed by atoms with Gasteiger partial charge in [-0.25, -0.2) is 4.39 Å². The Balaban J connectivity index is 1.67. The van der Waals surface area contributed by atoms with E-state index in [0.29, 0.717) is 21.7 Å². The summed E-state index contributed by atoms with van der Waals surface area (Å²) in [6.45, 7) is 2.01. The van der Waals surface area contributed by atoms with E-state index in [-0.39, 0.29) is 23.8 Å².